The highest BCUT2D eigenvalue weighted by Crippen LogP contribution is 2.25. The van der Waals surface area contributed by atoms with E-state index < -0.39 is 11.9 Å². The van der Waals surface area contributed by atoms with Crippen molar-refractivity contribution in [2.24, 2.45) is 10.9 Å². The Bertz CT molecular complexity index is 393. The zero-order valence-electron chi connectivity index (χ0n) is 8.63. The predicted molar refractivity (Wildman–Crippen MR) is 56.7 cm³/mol. The highest BCUT2D eigenvalue weighted by Gasteiger charge is 2.38. The Morgan fingerprint density at radius 2 is 2.31 bits per heavy atom. The largest absolute Gasteiger partial charge is 0.469 e. The second kappa shape index (κ2) is 4.25. The fourth-order valence-corrected chi connectivity index (χ4v) is 2.47. The molecule has 6 nitrogen and oxygen atoms in total. The summed E-state index contributed by atoms with van der Waals surface area (Å²) in [7, 11) is 1.29. The van der Waals surface area contributed by atoms with Gasteiger partial charge in [-0.05, 0) is 0 Å². The van der Waals surface area contributed by atoms with E-state index in [4.69, 9.17) is 0 Å². The van der Waals surface area contributed by atoms with Crippen molar-refractivity contribution in [3.05, 3.63) is 0 Å². The molecule has 2 aliphatic heterocycles. The van der Waals surface area contributed by atoms with E-state index in [-0.39, 0.29) is 30.5 Å². The lowest BCUT2D eigenvalue weighted by atomic mass is 10.1. The van der Waals surface area contributed by atoms with Gasteiger partial charge in [0.2, 0.25) is 5.91 Å². The quantitative estimate of drug-likeness (QED) is 0.587. The third-order valence-corrected chi connectivity index (χ3v) is 3.40. The van der Waals surface area contributed by atoms with Crippen molar-refractivity contribution in [3.63, 3.8) is 0 Å². The Morgan fingerprint density at radius 3 is 2.88 bits per heavy atom. The normalized spacial score (nSPS) is 24.9. The van der Waals surface area contributed by atoms with Crippen LogP contribution < -0.4 is 0 Å². The van der Waals surface area contributed by atoms with Crippen LogP contribution in [0.1, 0.15) is 6.42 Å². The predicted octanol–water partition coefficient (Wildman–Crippen LogP) is -0.363. The molecule has 0 bridgehead atoms. The molecule has 1 unspecified atom stereocenters. The van der Waals surface area contributed by atoms with E-state index in [1.807, 2.05) is 0 Å². The Balaban J connectivity index is 2.08. The molecule has 0 spiro atoms. The fraction of sp³-hybridized carbons (Fsp3) is 0.556. The van der Waals surface area contributed by atoms with E-state index in [1.165, 1.54) is 23.8 Å². The van der Waals surface area contributed by atoms with E-state index in [2.05, 4.69) is 9.73 Å². The van der Waals surface area contributed by atoms with Crippen LogP contribution in [0, 0.1) is 5.92 Å². The smallest absolute Gasteiger partial charge is 0.311 e. The number of rotatable bonds is 1. The molecule has 7 heteroatoms. The van der Waals surface area contributed by atoms with Crippen molar-refractivity contribution in [2.75, 3.05) is 19.4 Å². The maximum absolute atomic E-state index is 11.6. The number of hydrogen-bond donors (Lipinski definition) is 0. The van der Waals surface area contributed by atoms with Gasteiger partial charge in [-0.2, -0.15) is 4.99 Å². The summed E-state index contributed by atoms with van der Waals surface area (Å²) in [5.74, 6) is -1.00. The first-order valence-corrected chi connectivity index (χ1v) is 5.73. The number of methoxy groups -OCH3 is 1. The summed E-state index contributed by atoms with van der Waals surface area (Å²) in [6.07, 6.45) is 0.125. The van der Waals surface area contributed by atoms with Crippen molar-refractivity contribution in [2.45, 2.75) is 6.42 Å². The molecule has 0 aromatic rings. The van der Waals surface area contributed by atoms with Gasteiger partial charge >= 0.3 is 5.97 Å². The lowest BCUT2D eigenvalue weighted by Crippen LogP contribution is -2.30. The number of carbonyl (C=O) groups is 3. The van der Waals surface area contributed by atoms with Gasteiger partial charge in [-0.25, -0.2) is 0 Å². The molecule has 1 atom stereocenters. The van der Waals surface area contributed by atoms with Crippen molar-refractivity contribution in [1.82, 2.24) is 4.90 Å². The minimum atomic E-state index is -0.448. The maximum Gasteiger partial charge on any atom is 0.311 e. The fourth-order valence-electron chi connectivity index (χ4n) is 1.65. The molecule has 1 fully saturated rings. The van der Waals surface area contributed by atoms with Gasteiger partial charge in [-0.3, -0.25) is 19.3 Å². The lowest BCUT2D eigenvalue weighted by Gasteiger charge is -2.13. The second-order valence-electron chi connectivity index (χ2n) is 3.51. The molecule has 16 heavy (non-hydrogen) atoms. The number of amides is 2. The van der Waals surface area contributed by atoms with Gasteiger partial charge in [0, 0.05) is 13.0 Å². The first kappa shape index (κ1) is 11.1. The first-order chi connectivity index (χ1) is 7.61. The number of amidine groups is 1. The summed E-state index contributed by atoms with van der Waals surface area (Å²) >= 11 is 1.23. The summed E-state index contributed by atoms with van der Waals surface area (Å²) in [6, 6.07) is 0. The Kier molecular flexibility index (Phi) is 2.95. The standard InChI is InChI=1S/C9H10N2O4S/c1-15-8(14)5-2-7(13)11(3-5)9-10-6(12)4-16-9/h5H,2-4H2,1H3. The highest BCUT2D eigenvalue weighted by molar-refractivity contribution is 8.14. The van der Waals surface area contributed by atoms with Gasteiger partial charge in [-0.15, -0.1) is 0 Å². The van der Waals surface area contributed by atoms with Gasteiger partial charge in [0.15, 0.2) is 5.17 Å². The average Bonchev–Trinajstić information content (AvgIpc) is 2.83. The van der Waals surface area contributed by atoms with Crippen LogP contribution in [0.15, 0.2) is 4.99 Å². The molecule has 1 saturated heterocycles. The number of ether oxygens (including phenoxy) is 1. The molecule has 0 aliphatic carbocycles. The van der Waals surface area contributed by atoms with Crippen LogP contribution in [0.5, 0.6) is 0 Å². The van der Waals surface area contributed by atoms with E-state index in [9.17, 15) is 14.4 Å². The number of thioether (sulfide) groups is 1. The SMILES string of the molecule is COC(=O)C1CC(=O)N(C2=NC(=O)CS2)C1. The summed E-state index contributed by atoms with van der Waals surface area (Å²) in [5, 5.41) is 0.404. The third-order valence-electron chi connectivity index (χ3n) is 2.44. The van der Waals surface area contributed by atoms with Crippen LogP contribution in [0.25, 0.3) is 0 Å². The van der Waals surface area contributed by atoms with E-state index in [1.54, 1.807) is 0 Å². The van der Waals surface area contributed by atoms with E-state index in [0.717, 1.165) is 0 Å². The van der Waals surface area contributed by atoms with Gasteiger partial charge in [0.25, 0.3) is 5.91 Å². The Labute approximate surface area is 96.0 Å². The minimum absolute atomic E-state index is 0.125. The number of likely N-dealkylation sites (tertiary alicyclic amines) is 1. The molecule has 0 N–H and O–H groups in total. The van der Waals surface area contributed by atoms with Crippen LogP contribution in [-0.4, -0.2) is 47.3 Å². The highest BCUT2D eigenvalue weighted by atomic mass is 32.2. The van der Waals surface area contributed by atoms with Gasteiger partial charge in [-0.1, -0.05) is 11.8 Å². The molecule has 2 rings (SSSR count). The maximum atomic E-state index is 11.6. The number of esters is 1. The van der Waals surface area contributed by atoms with Crippen molar-refractivity contribution >= 4 is 34.7 Å². The van der Waals surface area contributed by atoms with Crippen molar-refractivity contribution in [1.29, 1.82) is 0 Å². The molecule has 86 valence electrons. The lowest BCUT2D eigenvalue weighted by molar-refractivity contribution is -0.145. The Morgan fingerprint density at radius 1 is 1.56 bits per heavy atom. The molecule has 2 aliphatic rings. The van der Waals surface area contributed by atoms with Gasteiger partial charge in [0.05, 0.1) is 18.8 Å². The number of hydrogen-bond acceptors (Lipinski definition) is 5. The van der Waals surface area contributed by atoms with E-state index >= 15 is 0 Å². The van der Waals surface area contributed by atoms with Crippen LogP contribution in [0.4, 0.5) is 0 Å². The van der Waals surface area contributed by atoms with Crippen LogP contribution in [0.2, 0.25) is 0 Å². The molecule has 2 amide bonds. The molecular formula is C9H10N2O4S. The van der Waals surface area contributed by atoms with Crippen LogP contribution >= 0.6 is 11.8 Å². The zero-order valence-corrected chi connectivity index (χ0v) is 9.45. The van der Waals surface area contributed by atoms with Gasteiger partial charge in [0.1, 0.15) is 0 Å². The summed E-state index contributed by atoms with van der Waals surface area (Å²) < 4.78 is 4.58. The summed E-state index contributed by atoms with van der Waals surface area (Å²) in [6.45, 7) is 0.255. The number of aliphatic imine (C=N–C) groups is 1. The molecule has 0 aromatic heterocycles. The number of carbonyl (C=O) groups excluding carboxylic acids is 3. The molecular weight excluding hydrogens is 232 g/mol. The van der Waals surface area contributed by atoms with E-state index in [0.29, 0.717) is 5.17 Å². The van der Waals surface area contributed by atoms with Crippen molar-refractivity contribution in [3.8, 4) is 0 Å². The Hall–Kier alpha value is -1.37. The molecule has 2 heterocycles. The number of nitrogens with zero attached hydrogens (tertiary/aromatic N) is 2. The first-order valence-electron chi connectivity index (χ1n) is 4.74. The summed E-state index contributed by atoms with van der Waals surface area (Å²) in [4.78, 5) is 39.0. The second-order valence-corrected chi connectivity index (χ2v) is 4.45. The molecule has 0 saturated carbocycles. The van der Waals surface area contributed by atoms with Crippen molar-refractivity contribution < 1.29 is 19.1 Å². The average molecular weight is 242 g/mol. The molecule has 0 radical (unpaired) electrons. The monoisotopic (exact) mass is 242 g/mol. The summed E-state index contributed by atoms with van der Waals surface area (Å²) in [5.41, 5.74) is 0. The zero-order chi connectivity index (χ0) is 11.7. The van der Waals surface area contributed by atoms with Crippen LogP contribution in [0.3, 0.4) is 0 Å². The molecule has 0 aromatic carbocycles. The van der Waals surface area contributed by atoms with Gasteiger partial charge < -0.3 is 4.74 Å². The third kappa shape index (κ3) is 1.95. The van der Waals surface area contributed by atoms with Crippen LogP contribution in [-0.2, 0) is 19.1 Å². The topological polar surface area (TPSA) is 76.0 Å². The minimum Gasteiger partial charge on any atom is -0.469 e.